The van der Waals surface area contributed by atoms with E-state index >= 15 is 0 Å². The largest absolute Gasteiger partial charge is 0.468 e. The van der Waals surface area contributed by atoms with E-state index in [0.29, 0.717) is 0 Å². The minimum Gasteiger partial charge on any atom is -0.468 e. The predicted molar refractivity (Wildman–Crippen MR) is 65.7 cm³/mol. The van der Waals surface area contributed by atoms with E-state index in [1.165, 1.54) is 5.69 Å². The van der Waals surface area contributed by atoms with Gasteiger partial charge in [0.05, 0.1) is 25.1 Å². The van der Waals surface area contributed by atoms with Crippen LogP contribution in [0.4, 0.5) is 0 Å². The molecule has 0 radical (unpaired) electrons. The zero-order valence-electron chi connectivity index (χ0n) is 10.2. The SMILES string of the molecule is OC[C@H]1CCn2nccc2CN1Cc1ccco1. The van der Waals surface area contributed by atoms with E-state index in [1.54, 1.807) is 6.26 Å². The highest BCUT2D eigenvalue weighted by Crippen LogP contribution is 2.19. The first-order chi connectivity index (χ1) is 8.86. The second-order valence-electron chi connectivity index (χ2n) is 4.66. The van der Waals surface area contributed by atoms with Gasteiger partial charge in [0.25, 0.3) is 0 Å². The summed E-state index contributed by atoms with van der Waals surface area (Å²) in [7, 11) is 0. The molecule has 0 aromatic carbocycles. The maximum Gasteiger partial charge on any atom is 0.117 e. The summed E-state index contributed by atoms with van der Waals surface area (Å²) in [6, 6.07) is 6.06. The first kappa shape index (κ1) is 11.5. The number of aliphatic hydroxyl groups is 1. The number of aromatic nitrogens is 2. The number of hydrogen-bond donors (Lipinski definition) is 1. The van der Waals surface area contributed by atoms with Crippen LogP contribution in [0.3, 0.4) is 0 Å². The summed E-state index contributed by atoms with van der Waals surface area (Å²) in [4.78, 5) is 2.25. The van der Waals surface area contributed by atoms with Crippen LogP contribution in [0.1, 0.15) is 17.9 Å². The van der Waals surface area contributed by atoms with Crippen LogP contribution in [0.5, 0.6) is 0 Å². The second kappa shape index (κ2) is 4.96. The summed E-state index contributed by atoms with van der Waals surface area (Å²) in [5.74, 6) is 0.932. The molecule has 5 nitrogen and oxygen atoms in total. The fourth-order valence-corrected chi connectivity index (χ4v) is 2.48. The molecule has 0 fully saturated rings. The zero-order chi connectivity index (χ0) is 12.4. The molecule has 3 rings (SSSR count). The third kappa shape index (κ3) is 2.19. The summed E-state index contributed by atoms with van der Waals surface area (Å²) < 4.78 is 7.41. The average Bonchev–Trinajstić information content (AvgIpc) is 3.00. The zero-order valence-corrected chi connectivity index (χ0v) is 10.2. The Kier molecular flexibility index (Phi) is 3.17. The number of furan rings is 1. The molecule has 0 aliphatic carbocycles. The maximum absolute atomic E-state index is 9.53. The Bertz CT molecular complexity index is 492. The summed E-state index contributed by atoms with van der Waals surface area (Å²) in [6.07, 6.45) is 4.43. The van der Waals surface area contributed by atoms with E-state index in [-0.39, 0.29) is 12.6 Å². The molecule has 0 spiro atoms. The Hall–Kier alpha value is -1.59. The van der Waals surface area contributed by atoms with E-state index in [4.69, 9.17) is 4.42 Å². The maximum atomic E-state index is 9.53. The fourth-order valence-electron chi connectivity index (χ4n) is 2.48. The average molecular weight is 247 g/mol. The highest BCUT2D eigenvalue weighted by Gasteiger charge is 2.24. The van der Waals surface area contributed by atoms with Gasteiger partial charge in [-0.05, 0) is 24.6 Å². The van der Waals surface area contributed by atoms with Crippen LogP contribution in [0.15, 0.2) is 35.1 Å². The third-order valence-electron chi connectivity index (χ3n) is 3.51. The highest BCUT2D eigenvalue weighted by molar-refractivity contribution is 5.05. The van der Waals surface area contributed by atoms with Crippen molar-refractivity contribution in [1.29, 1.82) is 0 Å². The van der Waals surface area contributed by atoms with Gasteiger partial charge in [-0.3, -0.25) is 9.58 Å². The standard InChI is InChI=1S/C13H17N3O2/c17-10-12-4-6-16-11(3-5-14-16)8-15(12)9-13-2-1-7-18-13/h1-3,5,7,12,17H,4,6,8-10H2/t12-/m1/s1. The number of fused-ring (bicyclic) bond motifs is 1. The van der Waals surface area contributed by atoms with Gasteiger partial charge in [-0.15, -0.1) is 0 Å². The van der Waals surface area contributed by atoms with Crippen molar-refractivity contribution < 1.29 is 9.52 Å². The van der Waals surface area contributed by atoms with Crippen molar-refractivity contribution in [3.8, 4) is 0 Å². The van der Waals surface area contributed by atoms with E-state index in [1.807, 2.05) is 29.1 Å². The molecule has 0 amide bonds. The van der Waals surface area contributed by atoms with Gasteiger partial charge in [-0.25, -0.2) is 0 Å². The van der Waals surface area contributed by atoms with Crippen LogP contribution < -0.4 is 0 Å². The molecule has 2 aromatic rings. The number of aliphatic hydroxyl groups excluding tert-OH is 1. The molecule has 1 N–H and O–H groups in total. The summed E-state index contributed by atoms with van der Waals surface area (Å²) in [5.41, 5.74) is 1.19. The smallest absolute Gasteiger partial charge is 0.117 e. The Morgan fingerprint density at radius 3 is 3.17 bits per heavy atom. The van der Waals surface area contributed by atoms with Crippen molar-refractivity contribution in [2.45, 2.75) is 32.1 Å². The molecule has 1 atom stereocenters. The van der Waals surface area contributed by atoms with Crippen LogP contribution in [0, 0.1) is 0 Å². The minimum absolute atomic E-state index is 0.164. The van der Waals surface area contributed by atoms with Crippen molar-refractivity contribution in [2.75, 3.05) is 6.61 Å². The van der Waals surface area contributed by atoms with Crippen LogP contribution in [0.25, 0.3) is 0 Å². The first-order valence-electron chi connectivity index (χ1n) is 6.25. The highest BCUT2D eigenvalue weighted by atomic mass is 16.3. The monoisotopic (exact) mass is 247 g/mol. The van der Waals surface area contributed by atoms with E-state index in [2.05, 4.69) is 10.00 Å². The number of nitrogens with zero attached hydrogens (tertiary/aromatic N) is 3. The van der Waals surface area contributed by atoms with Crippen molar-refractivity contribution in [2.24, 2.45) is 0 Å². The molecule has 0 saturated heterocycles. The molecule has 3 heterocycles. The predicted octanol–water partition coefficient (Wildman–Crippen LogP) is 1.24. The lowest BCUT2D eigenvalue weighted by Crippen LogP contribution is -2.36. The second-order valence-corrected chi connectivity index (χ2v) is 4.66. The molecule has 0 unspecified atom stereocenters. The van der Waals surface area contributed by atoms with Gasteiger partial charge >= 0.3 is 0 Å². The first-order valence-corrected chi connectivity index (χ1v) is 6.25. The molecular weight excluding hydrogens is 230 g/mol. The molecule has 0 saturated carbocycles. The molecule has 5 heteroatoms. The molecule has 1 aliphatic rings. The van der Waals surface area contributed by atoms with Crippen LogP contribution in [0.2, 0.25) is 0 Å². The molecule has 96 valence electrons. The lowest BCUT2D eigenvalue weighted by Gasteiger charge is -2.26. The van der Waals surface area contributed by atoms with E-state index in [9.17, 15) is 5.11 Å². The Labute approximate surface area is 106 Å². The van der Waals surface area contributed by atoms with Crippen molar-refractivity contribution in [3.63, 3.8) is 0 Å². The van der Waals surface area contributed by atoms with E-state index in [0.717, 1.165) is 31.8 Å². The van der Waals surface area contributed by atoms with Gasteiger partial charge in [0.1, 0.15) is 5.76 Å². The molecule has 0 bridgehead atoms. The van der Waals surface area contributed by atoms with Gasteiger partial charge in [-0.2, -0.15) is 5.10 Å². The van der Waals surface area contributed by atoms with Gasteiger partial charge < -0.3 is 9.52 Å². The normalized spacial score (nSPS) is 20.6. The topological polar surface area (TPSA) is 54.4 Å². The van der Waals surface area contributed by atoms with Crippen molar-refractivity contribution in [1.82, 2.24) is 14.7 Å². The third-order valence-corrected chi connectivity index (χ3v) is 3.51. The lowest BCUT2D eigenvalue weighted by atomic mass is 10.2. The summed E-state index contributed by atoms with van der Waals surface area (Å²) in [5, 5.41) is 13.8. The van der Waals surface area contributed by atoms with Crippen LogP contribution in [-0.2, 0) is 19.6 Å². The molecule has 2 aromatic heterocycles. The summed E-state index contributed by atoms with van der Waals surface area (Å²) >= 11 is 0. The minimum atomic E-state index is 0.164. The van der Waals surface area contributed by atoms with Gasteiger partial charge in [-0.1, -0.05) is 0 Å². The van der Waals surface area contributed by atoms with Crippen LogP contribution in [-0.4, -0.2) is 32.4 Å². The Morgan fingerprint density at radius 1 is 1.44 bits per heavy atom. The van der Waals surface area contributed by atoms with E-state index < -0.39 is 0 Å². The van der Waals surface area contributed by atoms with Gasteiger partial charge in [0.15, 0.2) is 0 Å². The van der Waals surface area contributed by atoms with Crippen molar-refractivity contribution in [3.05, 3.63) is 42.1 Å². The summed E-state index contributed by atoms with van der Waals surface area (Å²) in [6.45, 7) is 2.56. The number of aryl methyl sites for hydroxylation is 1. The van der Waals surface area contributed by atoms with Gasteiger partial charge in [0, 0.05) is 25.3 Å². The molecule has 1 aliphatic heterocycles. The number of hydrogen-bond acceptors (Lipinski definition) is 4. The number of rotatable bonds is 3. The fraction of sp³-hybridized carbons (Fsp3) is 0.462. The quantitative estimate of drug-likeness (QED) is 0.886. The lowest BCUT2D eigenvalue weighted by molar-refractivity contribution is 0.101. The molecular formula is C13H17N3O2. The van der Waals surface area contributed by atoms with Crippen LogP contribution >= 0.6 is 0 Å². The van der Waals surface area contributed by atoms with Gasteiger partial charge in [0.2, 0.25) is 0 Å². The van der Waals surface area contributed by atoms with Crippen molar-refractivity contribution >= 4 is 0 Å². The Balaban J connectivity index is 1.80. The Morgan fingerprint density at radius 2 is 2.39 bits per heavy atom. The molecule has 18 heavy (non-hydrogen) atoms.